The van der Waals surface area contributed by atoms with Gasteiger partial charge in [0.2, 0.25) is 0 Å². The Kier molecular flexibility index (Phi) is 5.14. The summed E-state index contributed by atoms with van der Waals surface area (Å²) < 4.78 is 19.4. The molecule has 0 radical (unpaired) electrons. The summed E-state index contributed by atoms with van der Waals surface area (Å²) in [5, 5.41) is 25.8. The molecule has 6 nitrogen and oxygen atoms in total. The standard InChI is InChI=1S/C32H43NO5/c1-18(2)13-16-36-28(3,4)26-24(34)27-32(38-27)23(37-26)12-14-29(5)30(6)19(11-15-31(29,32)35)17-21-20-9-7-8-10-22(20)33-25(21)30/h7-10,13,19,23-24,26-27,33-35H,11-12,14-17H2,1-6H3/t19-,23-,24+,26-,27+,29+,30+,31-,32-/m0/s1. The molecule has 0 unspecified atom stereocenters. The summed E-state index contributed by atoms with van der Waals surface area (Å²) in [5.74, 6) is 0.466. The second kappa shape index (κ2) is 7.73. The highest BCUT2D eigenvalue weighted by Crippen LogP contribution is 2.75. The van der Waals surface area contributed by atoms with Gasteiger partial charge in [-0.2, -0.15) is 0 Å². The van der Waals surface area contributed by atoms with Crippen molar-refractivity contribution >= 4 is 10.9 Å². The molecule has 2 saturated carbocycles. The summed E-state index contributed by atoms with van der Waals surface area (Å²) >= 11 is 0. The number of ether oxygens (including phenoxy) is 3. The normalized spacial score (nSPS) is 45.0. The van der Waals surface area contributed by atoms with Crippen LogP contribution in [0.3, 0.4) is 0 Å². The number of aliphatic hydroxyl groups excluding tert-OH is 1. The van der Waals surface area contributed by atoms with Crippen molar-refractivity contribution in [1.82, 2.24) is 4.98 Å². The Bertz CT molecular complexity index is 1330. The van der Waals surface area contributed by atoms with Gasteiger partial charge in [-0.3, -0.25) is 0 Å². The molecule has 1 spiro atoms. The van der Waals surface area contributed by atoms with E-state index in [0.717, 1.165) is 25.7 Å². The van der Waals surface area contributed by atoms with Crippen molar-refractivity contribution in [3.63, 3.8) is 0 Å². The van der Waals surface area contributed by atoms with Crippen LogP contribution >= 0.6 is 0 Å². The van der Waals surface area contributed by atoms with Gasteiger partial charge in [-0.05, 0) is 77.3 Å². The Hall–Kier alpha value is -1.70. The number of allylic oxidation sites excluding steroid dienone is 1. The lowest BCUT2D eigenvalue weighted by Crippen LogP contribution is -2.76. The zero-order valence-corrected chi connectivity index (χ0v) is 23.6. The van der Waals surface area contributed by atoms with E-state index in [0.29, 0.717) is 18.9 Å². The number of rotatable bonds is 4. The highest BCUT2D eigenvalue weighted by molar-refractivity contribution is 5.86. The third-order valence-corrected chi connectivity index (χ3v) is 11.8. The molecule has 1 aromatic carbocycles. The van der Waals surface area contributed by atoms with E-state index >= 15 is 0 Å². The predicted octanol–water partition coefficient (Wildman–Crippen LogP) is 4.95. The number of epoxide rings is 1. The average molecular weight is 522 g/mol. The molecule has 6 heteroatoms. The Morgan fingerprint density at radius 2 is 1.95 bits per heavy atom. The fourth-order valence-corrected chi connectivity index (χ4v) is 9.47. The van der Waals surface area contributed by atoms with Crippen LogP contribution in [-0.2, 0) is 26.0 Å². The highest BCUT2D eigenvalue weighted by Gasteiger charge is 2.86. The minimum Gasteiger partial charge on any atom is -0.387 e. The SMILES string of the molecule is CC(C)=CCOC(C)(C)[C@H]1O[C@H]2CC[C@@]3(C)[C@@](O)(CC[C@H]4Cc5c([nH]c6ccccc56)[C@@]43C)[C@]23O[C@@H]3[C@@H]1O. The second-order valence-electron chi connectivity index (χ2n) is 14.0. The molecular formula is C32H43NO5. The summed E-state index contributed by atoms with van der Waals surface area (Å²) in [6.07, 6.45) is 4.21. The first-order valence-corrected chi connectivity index (χ1v) is 14.5. The second-order valence-corrected chi connectivity index (χ2v) is 14.0. The van der Waals surface area contributed by atoms with Crippen molar-refractivity contribution < 1.29 is 24.4 Å². The van der Waals surface area contributed by atoms with Gasteiger partial charge < -0.3 is 29.4 Å². The zero-order valence-electron chi connectivity index (χ0n) is 23.6. The summed E-state index contributed by atoms with van der Waals surface area (Å²) in [6, 6.07) is 8.59. The van der Waals surface area contributed by atoms with Crippen LogP contribution in [0.15, 0.2) is 35.9 Å². The third kappa shape index (κ3) is 2.81. The summed E-state index contributed by atoms with van der Waals surface area (Å²) in [7, 11) is 0. The molecule has 2 aromatic rings. The number of aliphatic hydroxyl groups is 2. The lowest BCUT2D eigenvalue weighted by atomic mass is 9.40. The summed E-state index contributed by atoms with van der Waals surface area (Å²) in [6.45, 7) is 13.2. The van der Waals surface area contributed by atoms with E-state index in [1.54, 1.807) is 0 Å². The maximum atomic E-state index is 12.9. The van der Waals surface area contributed by atoms with Crippen molar-refractivity contribution in [2.24, 2.45) is 11.3 Å². The molecular weight excluding hydrogens is 478 g/mol. The van der Waals surface area contributed by atoms with Gasteiger partial charge in [-0.15, -0.1) is 0 Å². The highest BCUT2D eigenvalue weighted by atomic mass is 16.7. The van der Waals surface area contributed by atoms with Gasteiger partial charge in [0.15, 0.2) is 5.60 Å². The molecule has 0 bridgehead atoms. The smallest absolute Gasteiger partial charge is 0.152 e. The van der Waals surface area contributed by atoms with Gasteiger partial charge in [0.05, 0.1) is 18.3 Å². The van der Waals surface area contributed by atoms with Crippen LogP contribution in [0, 0.1) is 11.3 Å². The van der Waals surface area contributed by atoms with E-state index in [1.807, 2.05) is 33.8 Å². The third-order valence-electron chi connectivity index (χ3n) is 11.8. The van der Waals surface area contributed by atoms with Crippen molar-refractivity contribution in [2.45, 2.75) is 120 Å². The van der Waals surface area contributed by atoms with Crippen molar-refractivity contribution in [2.75, 3.05) is 6.61 Å². The van der Waals surface area contributed by atoms with Crippen LogP contribution in [0.2, 0.25) is 0 Å². The van der Waals surface area contributed by atoms with Gasteiger partial charge in [-0.1, -0.05) is 43.7 Å². The predicted molar refractivity (Wildman–Crippen MR) is 146 cm³/mol. The number of nitrogens with one attached hydrogen (secondary N) is 1. The topological polar surface area (TPSA) is 87.2 Å². The number of benzene rings is 1. The number of H-pyrrole nitrogens is 1. The van der Waals surface area contributed by atoms with Crippen LogP contribution in [0.4, 0.5) is 0 Å². The molecule has 2 saturated heterocycles. The lowest BCUT2D eigenvalue weighted by molar-refractivity contribution is -0.283. The molecule has 1 aromatic heterocycles. The molecule has 4 fully saturated rings. The number of aromatic nitrogens is 1. The van der Waals surface area contributed by atoms with Gasteiger partial charge in [-0.25, -0.2) is 0 Å². The molecule has 3 N–H and O–H groups in total. The van der Waals surface area contributed by atoms with E-state index in [-0.39, 0.29) is 11.5 Å². The van der Waals surface area contributed by atoms with Gasteiger partial charge >= 0.3 is 0 Å². The van der Waals surface area contributed by atoms with E-state index in [4.69, 9.17) is 14.2 Å². The van der Waals surface area contributed by atoms with E-state index in [2.05, 4.69) is 43.1 Å². The average Bonchev–Trinajstić information content (AvgIpc) is 3.44. The first kappa shape index (κ1) is 25.3. The molecule has 0 amide bonds. The van der Waals surface area contributed by atoms with Gasteiger partial charge in [0, 0.05) is 27.4 Å². The first-order chi connectivity index (χ1) is 17.9. The molecule has 3 aliphatic carbocycles. The largest absolute Gasteiger partial charge is 0.387 e. The number of fused-ring (bicyclic) bond motifs is 7. The molecule has 206 valence electrons. The number of hydrogen-bond donors (Lipinski definition) is 3. The Balaban J connectivity index is 1.25. The first-order valence-electron chi connectivity index (χ1n) is 14.5. The molecule has 3 heterocycles. The molecule has 9 atom stereocenters. The number of aromatic amines is 1. The van der Waals surface area contributed by atoms with Crippen molar-refractivity contribution in [3.05, 3.63) is 47.2 Å². The minimum atomic E-state index is -1.10. The molecule has 5 aliphatic rings. The summed E-state index contributed by atoms with van der Waals surface area (Å²) in [5.41, 5.74) is 1.76. The molecule has 2 aliphatic heterocycles. The quantitative estimate of drug-likeness (QED) is 0.392. The minimum absolute atomic E-state index is 0.223. The van der Waals surface area contributed by atoms with Crippen molar-refractivity contribution in [3.8, 4) is 0 Å². The lowest BCUT2D eigenvalue weighted by Gasteiger charge is -2.66. The van der Waals surface area contributed by atoms with Crippen LogP contribution in [0.5, 0.6) is 0 Å². The van der Waals surface area contributed by atoms with E-state index < -0.39 is 40.5 Å². The van der Waals surface area contributed by atoms with E-state index in [9.17, 15) is 10.2 Å². The Morgan fingerprint density at radius 3 is 2.71 bits per heavy atom. The fourth-order valence-electron chi connectivity index (χ4n) is 9.47. The Labute approximate surface area is 225 Å². The molecule has 7 rings (SSSR count). The van der Waals surface area contributed by atoms with Crippen LogP contribution < -0.4 is 0 Å². The number of para-hydroxylation sites is 1. The van der Waals surface area contributed by atoms with Gasteiger partial charge in [0.25, 0.3) is 0 Å². The van der Waals surface area contributed by atoms with Crippen LogP contribution in [-0.4, -0.2) is 63.0 Å². The van der Waals surface area contributed by atoms with E-state index in [1.165, 1.54) is 27.7 Å². The zero-order chi connectivity index (χ0) is 26.9. The number of hydrogen-bond acceptors (Lipinski definition) is 5. The Morgan fingerprint density at radius 1 is 1.18 bits per heavy atom. The fraction of sp³-hybridized carbons (Fsp3) is 0.688. The monoisotopic (exact) mass is 521 g/mol. The summed E-state index contributed by atoms with van der Waals surface area (Å²) in [4.78, 5) is 3.80. The van der Waals surface area contributed by atoms with Gasteiger partial charge in [0.1, 0.15) is 23.9 Å². The molecule has 38 heavy (non-hydrogen) atoms. The van der Waals surface area contributed by atoms with Crippen LogP contribution in [0.25, 0.3) is 10.9 Å². The maximum absolute atomic E-state index is 12.9. The van der Waals surface area contributed by atoms with Crippen LogP contribution in [0.1, 0.15) is 78.5 Å². The van der Waals surface area contributed by atoms with Crippen molar-refractivity contribution in [1.29, 1.82) is 0 Å². The maximum Gasteiger partial charge on any atom is 0.152 e.